The van der Waals surface area contributed by atoms with E-state index in [9.17, 15) is 0 Å². The first-order valence-electron chi connectivity index (χ1n) is 3.81. The molecular weight excluding hydrogens is 265 g/mol. The second kappa shape index (κ2) is 7.39. The largest absolute Gasteiger partial charge is 1.00 e. The molecule has 0 bridgehead atoms. The van der Waals surface area contributed by atoms with Gasteiger partial charge in [0.15, 0.2) is 0 Å². The topological polar surface area (TPSA) is 41.1 Å². The molecule has 72 valence electrons. The third-order valence-electron chi connectivity index (χ3n) is 1.51. The van der Waals surface area contributed by atoms with Gasteiger partial charge in [-0.25, -0.2) is 0 Å². The molecule has 0 heterocycles. The molecule has 0 saturated carbocycles. The van der Waals surface area contributed by atoms with E-state index in [4.69, 9.17) is 5.73 Å². The van der Waals surface area contributed by atoms with Crippen molar-refractivity contribution in [1.82, 2.24) is 5.32 Å². The predicted octanol–water partition coefficient (Wildman–Crippen LogP) is -2.87. The average Bonchev–Trinajstić information content (AvgIpc) is 1.98. The van der Waals surface area contributed by atoms with Crippen LogP contribution in [0.3, 0.4) is 0 Å². The summed E-state index contributed by atoms with van der Waals surface area (Å²) in [4.78, 5) is 0. The number of rotatable bonds is 3. The van der Waals surface area contributed by atoms with E-state index in [1.54, 1.807) is 0 Å². The molecule has 0 aromatic carbocycles. The highest BCUT2D eigenvalue weighted by atomic mass is 127. The van der Waals surface area contributed by atoms with Crippen molar-refractivity contribution >= 4 is 5.96 Å². The summed E-state index contributed by atoms with van der Waals surface area (Å²) in [6.07, 6.45) is 1.84. The third-order valence-corrected chi connectivity index (χ3v) is 1.51. The molecular formula is C8H18IN3. The van der Waals surface area contributed by atoms with Crippen molar-refractivity contribution in [2.75, 3.05) is 13.6 Å². The second-order valence-corrected chi connectivity index (χ2v) is 2.67. The molecule has 0 saturated heterocycles. The zero-order chi connectivity index (χ0) is 8.85. The molecule has 3 nitrogen and oxygen atoms in total. The van der Waals surface area contributed by atoms with Crippen molar-refractivity contribution in [3.63, 3.8) is 0 Å². The number of nitrogens with one attached hydrogen (secondary N) is 1. The maximum absolute atomic E-state index is 5.69. The van der Waals surface area contributed by atoms with Gasteiger partial charge in [0.05, 0.1) is 19.6 Å². The van der Waals surface area contributed by atoms with Crippen LogP contribution in [-0.4, -0.2) is 30.2 Å². The molecule has 0 spiro atoms. The highest BCUT2D eigenvalue weighted by molar-refractivity contribution is 5.72. The van der Waals surface area contributed by atoms with Gasteiger partial charge >= 0.3 is 5.96 Å². The van der Waals surface area contributed by atoms with Crippen LogP contribution in [0.15, 0.2) is 12.7 Å². The Kier molecular flexibility index (Phi) is 8.79. The van der Waals surface area contributed by atoms with E-state index in [0.29, 0.717) is 12.0 Å². The lowest BCUT2D eigenvalue weighted by Gasteiger charge is -2.11. The van der Waals surface area contributed by atoms with Crippen molar-refractivity contribution < 1.29 is 28.6 Å². The number of halogens is 1. The van der Waals surface area contributed by atoms with Gasteiger partial charge in [0, 0.05) is 0 Å². The molecule has 0 aliphatic heterocycles. The minimum Gasteiger partial charge on any atom is -1.00 e. The van der Waals surface area contributed by atoms with Gasteiger partial charge < -0.3 is 24.0 Å². The van der Waals surface area contributed by atoms with Crippen LogP contribution in [0.25, 0.3) is 0 Å². The normalized spacial score (nSPS) is 11.7. The molecule has 0 atom stereocenters. The average molecular weight is 283 g/mol. The summed E-state index contributed by atoms with van der Waals surface area (Å²) < 4.78 is 2.03. The van der Waals surface area contributed by atoms with Crippen LogP contribution in [0, 0.1) is 0 Å². The fourth-order valence-corrected chi connectivity index (χ4v) is 0.870. The van der Waals surface area contributed by atoms with Gasteiger partial charge in [0.1, 0.15) is 0 Å². The lowest BCUT2D eigenvalue weighted by atomic mass is 10.3. The van der Waals surface area contributed by atoms with E-state index in [1.807, 2.05) is 17.7 Å². The Morgan fingerprint density at radius 2 is 2.17 bits per heavy atom. The van der Waals surface area contributed by atoms with Crippen molar-refractivity contribution in [3.8, 4) is 0 Å². The van der Waals surface area contributed by atoms with Gasteiger partial charge in [-0.05, 0) is 13.8 Å². The maximum atomic E-state index is 5.69. The molecule has 4 heteroatoms. The Balaban J connectivity index is 0. The van der Waals surface area contributed by atoms with Crippen molar-refractivity contribution in [2.45, 2.75) is 19.9 Å². The van der Waals surface area contributed by atoms with Crippen LogP contribution in [0.1, 0.15) is 13.8 Å². The van der Waals surface area contributed by atoms with Crippen LogP contribution in [-0.2, 0) is 0 Å². The van der Waals surface area contributed by atoms with Crippen LogP contribution in [0.4, 0.5) is 0 Å². The van der Waals surface area contributed by atoms with Gasteiger partial charge in [0.25, 0.3) is 0 Å². The van der Waals surface area contributed by atoms with Crippen molar-refractivity contribution in [2.24, 2.45) is 5.73 Å². The predicted molar refractivity (Wildman–Crippen MR) is 48.7 cm³/mol. The minimum absolute atomic E-state index is 0. The molecule has 0 rings (SSSR count). The van der Waals surface area contributed by atoms with Crippen LogP contribution >= 0.6 is 0 Å². The van der Waals surface area contributed by atoms with E-state index in [1.165, 1.54) is 0 Å². The quantitative estimate of drug-likeness (QED) is 0.192. The highest BCUT2D eigenvalue weighted by Crippen LogP contribution is 1.87. The van der Waals surface area contributed by atoms with Gasteiger partial charge in [-0.1, -0.05) is 12.7 Å². The molecule has 0 radical (unpaired) electrons. The van der Waals surface area contributed by atoms with Crippen molar-refractivity contribution in [3.05, 3.63) is 12.7 Å². The summed E-state index contributed by atoms with van der Waals surface area (Å²) in [5.41, 5.74) is 5.69. The van der Waals surface area contributed by atoms with Gasteiger partial charge in [0.2, 0.25) is 0 Å². The Bertz CT molecular complexity index is 164. The van der Waals surface area contributed by atoms with E-state index < -0.39 is 0 Å². The minimum atomic E-state index is 0. The van der Waals surface area contributed by atoms with Gasteiger partial charge in [-0.3, -0.25) is 15.6 Å². The van der Waals surface area contributed by atoms with Crippen LogP contribution in [0.2, 0.25) is 0 Å². The molecule has 12 heavy (non-hydrogen) atoms. The van der Waals surface area contributed by atoms with Gasteiger partial charge in [-0.2, -0.15) is 0 Å². The first-order chi connectivity index (χ1) is 5.13. The highest BCUT2D eigenvalue weighted by Gasteiger charge is 2.07. The molecule has 0 aromatic heterocycles. The van der Waals surface area contributed by atoms with E-state index >= 15 is 0 Å². The Morgan fingerprint density at radius 1 is 1.67 bits per heavy atom. The summed E-state index contributed by atoms with van der Waals surface area (Å²) >= 11 is 0. The summed E-state index contributed by atoms with van der Waals surface area (Å²) in [7, 11) is 1.81. The number of guanidine groups is 1. The number of hydrogen-bond acceptors (Lipinski definition) is 0. The molecule has 0 unspecified atom stereocenters. The fourth-order valence-electron chi connectivity index (χ4n) is 0.870. The summed E-state index contributed by atoms with van der Waals surface area (Å²) in [6, 6.07) is 0.403. The maximum Gasteiger partial charge on any atom is 0.343 e. The monoisotopic (exact) mass is 283 g/mol. The van der Waals surface area contributed by atoms with Crippen LogP contribution in [0.5, 0.6) is 0 Å². The van der Waals surface area contributed by atoms with Crippen molar-refractivity contribution in [1.29, 1.82) is 0 Å². The molecule has 0 fully saturated rings. The standard InChI is InChI=1S/C8H17N3.HI/c1-5-6-11(7(2)3)8(9)10-4;/h5,7H,1,6H2,2-4H3,(H2,9,10);1H. The zero-order valence-corrected chi connectivity index (χ0v) is 10.1. The second-order valence-electron chi connectivity index (χ2n) is 2.67. The molecule has 3 N–H and O–H groups in total. The van der Waals surface area contributed by atoms with Gasteiger partial charge in [-0.15, -0.1) is 0 Å². The van der Waals surface area contributed by atoms with E-state index in [0.717, 1.165) is 6.54 Å². The fraction of sp³-hybridized carbons (Fsp3) is 0.625. The molecule has 0 aliphatic carbocycles. The Morgan fingerprint density at radius 3 is 2.42 bits per heavy atom. The van der Waals surface area contributed by atoms with E-state index in [-0.39, 0.29) is 24.0 Å². The number of hydrogen-bond donors (Lipinski definition) is 2. The Hall–Kier alpha value is -0.260. The third kappa shape index (κ3) is 4.58. The summed E-state index contributed by atoms with van der Waals surface area (Å²) in [6.45, 7) is 8.63. The van der Waals surface area contributed by atoms with Crippen LogP contribution < -0.4 is 35.0 Å². The lowest BCUT2D eigenvalue weighted by molar-refractivity contribution is -0.551. The first kappa shape index (κ1) is 14.3. The number of nitrogens with zero attached hydrogens (tertiary/aromatic N) is 1. The van der Waals surface area contributed by atoms with E-state index in [2.05, 4.69) is 25.7 Å². The molecule has 0 aromatic rings. The summed E-state index contributed by atoms with van der Waals surface area (Å²) in [5.74, 6) is 0.694. The zero-order valence-electron chi connectivity index (χ0n) is 7.97. The molecule has 0 amide bonds. The first-order valence-corrected chi connectivity index (χ1v) is 3.81. The lowest BCUT2D eigenvalue weighted by Crippen LogP contribution is -3.00. The SMILES string of the molecule is C=CC[N+](=C(N)NC)C(C)C.[I-]. The Labute approximate surface area is 91.7 Å². The smallest absolute Gasteiger partial charge is 0.343 e. The summed E-state index contributed by atoms with van der Waals surface area (Å²) in [5, 5.41) is 2.90. The number of nitrogens with two attached hydrogens (primary N) is 1. The molecule has 0 aliphatic rings.